The summed E-state index contributed by atoms with van der Waals surface area (Å²) in [4.78, 5) is 23.9. The van der Waals surface area contributed by atoms with Gasteiger partial charge in [0, 0.05) is 41.6 Å². The highest BCUT2D eigenvalue weighted by molar-refractivity contribution is 7.07. The first kappa shape index (κ1) is 18.8. The molecule has 3 rings (SSSR count). The Balaban J connectivity index is 1.68. The Morgan fingerprint density at radius 2 is 1.92 bits per heavy atom. The van der Waals surface area contributed by atoms with Gasteiger partial charge >= 0.3 is 4.87 Å². The molecule has 1 fully saturated rings. The second-order valence-electron chi connectivity index (χ2n) is 6.91. The van der Waals surface area contributed by atoms with Crippen molar-refractivity contribution in [3.8, 4) is 0 Å². The Kier molecular flexibility index (Phi) is 5.55. The lowest BCUT2D eigenvalue weighted by Gasteiger charge is -2.30. The summed E-state index contributed by atoms with van der Waals surface area (Å²) in [6.45, 7) is 2.34. The van der Waals surface area contributed by atoms with Crippen LogP contribution in [0.25, 0.3) is 0 Å². The second-order valence-corrected chi connectivity index (χ2v) is 7.73. The van der Waals surface area contributed by atoms with E-state index in [2.05, 4.69) is 5.32 Å². The first-order valence-corrected chi connectivity index (χ1v) is 9.67. The molecule has 0 bridgehead atoms. The number of hydrogen-bond acceptors (Lipinski definition) is 3. The van der Waals surface area contributed by atoms with Crippen molar-refractivity contribution in [2.45, 2.75) is 51.0 Å². The molecule has 0 spiro atoms. The van der Waals surface area contributed by atoms with Gasteiger partial charge in [0.2, 0.25) is 5.91 Å². The fraction of sp³-hybridized carbons (Fsp3) is 0.474. The van der Waals surface area contributed by atoms with Crippen LogP contribution in [0.15, 0.2) is 28.4 Å². The van der Waals surface area contributed by atoms with Crippen LogP contribution in [-0.2, 0) is 16.8 Å². The Morgan fingerprint density at radius 1 is 1.27 bits per heavy atom. The molecule has 1 aliphatic rings. The summed E-state index contributed by atoms with van der Waals surface area (Å²) in [6.07, 6.45) is 3.22. The van der Waals surface area contributed by atoms with Crippen molar-refractivity contribution in [2.24, 2.45) is 0 Å². The summed E-state index contributed by atoms with van der Waals surface area (Å²) in [5.41, 5.74) is 0.219. The Morgan fingerprint density at radius 3 is 2.50 bits per heavy atom. The Bertz CT molecular complexity index is 833. The lowest BCUT2D eigenvalue weighted by molar-refractivity contribution is -0.121. The van der Waals surface area contributed by atoms with E-state index in [9.17, 15) is 18.4 Å². The van der Waals surface area contributed by atoms with Gasteiger partial charge in [-0.15, -0.1) is 0 Å². The lowest BCUT2D eigenvalue weighted by atomic mass is 9.78. The maximum absolute atomic E-state index is 14.3. The molecule has 1 N–H and O–H groups in total. The number of hydrogen-bond donors (Lipinski definition) is 1. The van der Waals surface area contributed by atoms with E-state index in [1.165, 1.54) is 18.2 Å². The van der Waals surface area contributed by atoms with Gasteiger partial charge in [0.15, 0.2) is 0 Å². The number of carbonyl (C=O) groups is 1. The molecule has 0 unspecified atom stereocenters. The minimum atomic E-state index is -0.694. The average molecular weight is 380 g/mol. The van der Waals surface area contributed by atoms with Crippen molar-refractivity contribution in [2.75, 3.05) is 6.54 Å². The van der Waals surface area contributed by atoms with Crippen LogP contribution in [0.5, 0.6) is 0 Å². The molecule has 0 atom stereocenters. The summed E-state index contributed by atoms with van der Waals surface area (Å²) in [6, 6.07) is 3.90. The third-order valence-electron chi connectivity index (χ3n) is 5.22. The molecule has 0 saturated heterocycles. The zero-order valence-corrected chi connectivity index (χ0v) is 15.5. The molecule has 1 heterocycles. The van der Waals surface area contributed by atoms with E-state index in [4.69, 9.17) is 0 Å². The molecule has 0 radical (unpaired) electrons. The summed E-state index contributed by atoms with van der Waals surface area (Å²) < 4.78 is 30.2. The maximum Gasteiger partial charge on any atom is 0.307 e. The van der Waals surface area contributed by atoms with Gasteiger partial charge < -0.3 is 9.88 Å². The smallest absolute Gasteiger partial charge is 0.307 e. The molecule has 1 amide bonds. The number of thiazole rings is 1. The standard InChI is InChI=1S/C19H22F2N2O2S/c1-13-11-26-18(25)23(13)10-7-16(24)22-12-19(8-2-3-9-19)17-14(20)5-4-6-15(17)21/h4-6,11H,2-3,7-10,12H2,1H3,(H,22,24). The number of nitrogens with one attached hydrogen (secondary N) is 1. The number of nitrogens with zero attached hydrogens (tertiary/aromatic N) is 1. The Labute approximate surface area is 154 Å². The van der Waals surface area contributed by atoms with E-state index in [1.807, 2.05) is 6.92 Å². The number of aromatic nitrogens is 1. The largest absolute Gasteiger partial charge is 0.355 e. The molecule has 140 valence electrons. The van der Waals surface area contributed by atoms with Gasteiger partial charge in [0.05, 0.1) is 0 Å². The fourth-order valence-electron chi connectivity index (χ4n) is 3.82. The number of halogens is 2. The van der Waals surface area contributed by atoms with Gasteiger partial charge in [0.1, 0.15) is 11.6 Å². The van der Waals surface area contributed by atoms with Crippen LogP contribution >= 0.6 is 11.3 Å². The average Bonchev–Trinajstić information content (AvgIpc) is 3.19. The van der Waals surface area contributed by atoms with Gasteiger partial charge in [-0.2, -0.15) is 0 Å². The first-order valence-electron chi connectivity index (χ1n) is 8.79. The fourth-order valence-corrected chi connectivity index (χ4v) is 4.58. The highest BCUT2D eigenvalue weighted by Gasteiger charge is 2.40. The number of carbonyl (C=O) groups excluding carboxylic acids is 1. The molecule has 26 heavy (non-hydrogen) atoms. The number of aryl methyl sites for hydroxylation is 1. The minimum Gasteiger partial charge on any atom is -0.355 e. The maximum atomic E-state index is 14.3. The van der Waals surface area contributed by atoms with E-state index in [0.717, 1.165) is 29.9 Å². The van der Waals surface area contributed by atoms with E-state index < -0.39 is 17.0 Å². The molecule has 2 aromatic rings. The SMILES string of the molecule is Cc1csc(=O)n1CCC(=O)NCC1(c2c(F)cccc2F)CCCC1. The number of amides is 1. The van der Waals surface area contributed by atoms with Gasteiger partial charge in [-0.05, 0) is 31.9 Å². The topological polar surface area (TPSA) is 51.1 Å². The third kappa shape index (κ3) is 3.72. The van der Waals surface area contributed by atoms with Crippen LogP contribution in [0.4, 0.5) is 8.78 Å². The molecule has 0 aliphatic heterocycles. The summed E-state index contributed by atoms with van der Waals surface area (Å²) >= 11 is 1.11. The van der Waals surface area contributed by atoms with E-state index >= 15 is 0 Å². The quantitative estimate of drug-likeness (QED) is 0.834. The number of rotatable bonds is 6. The van der Waals surface area contributed by atoms with Crippen LogP contribution in [0.2, 0.25) is 0 Å². The highest BCUT2D eigenvalue weighted by Crippen LogP contribution is 2.42. The zero-order valence-electron chi connectivity index (χ0n) is 14.7. The minimum absolute atomic E-state index is 0.0858. The van der Waals surface area contributed by atoms with Crippen LogP contribution in [0, 0.1) is 18.6 Å². The van der Waals surface area contributed by atoms with Crippen LogP contribution < -0.4 is 10.2 Å². The predicted molar refractivity (Wildman–Crippen MR) is 97.4 cm³/mol. The molecule has 1 aliphatic carbocycles. The van der Waals surface area contributed by atoms with E-state index in [0.29, 0.717) is 19.4 Å². The number of benzene rings is 1. The first-order chi connectivity index (χ1) is 12.4. The van der Waals surface area contributed by atoms with Crippen molar-refractivity contribution in [1.82, 2.24) is 9.88 Å². The van der Waals surface area contributed by atoms with Gasteiger partial charge in [-0.3, -0.25) is 9.59 Å². The summed E-state index contributed by atoms with van der Waals surface area (Å²) in [5, 5.41) is 4.59. The van der Waals surface area contributed by atoms with Crippen molar-refractivity contribution in [3.63, 3.8) is 0 Å². The van der Waals surface area contributed by atoms with Gasteiger partial charge in [0.25, 0.3) is 0 Å². The Hall–Kier alpha value is -2.02. The molecule has 1 aromatic carbocycles. The summed E-state index contributed by atoms with van der Waals surface area (Å²) in [5.74, 6) is -1.33. The van der Waals surface area contributed by atoms with Crippen LogP contribution in [0.1, 0.15) is 43.4 Å². The molecule has 1 saturated carbocycles. The van der Waals surface area contributed by atoms with Crippen molar-refractivity contribution >= 4 is 17.2 Å². The molecular weight excluding hydrogens is 358 g/mol. The van der Waals surface area contributed by atoms with Crippen molar-refractivity contribution < 1.29 is 13.6 Å². The zero-order chi connectivity index (χ0) is 18.7. The predicted octanol–water partition coefficient (Wildman–Crippen LogP) is 3.51. The lowest BCUT2D eigenvalue weighted by Crippen LogP contribution is -2.40. The van der Waals surface area contributed by atoms with Crippen LogP contribution in [0.3, 0.4) is 0 Å². The van der Waals surface area contributed by atoms with Crippen molar-refractivity contribution in [3.05, 3.63) is 56.1 Å². The van der Waals surface area contributed by atoms with E-state index in [-0.39, 0.29) is 29.3 Å². The third-order valence-corrected chi connectivity index (χ3v) is 6.10. The van der Waals surface area contributed by atoms with Crippen LogP contribution in [-0.4, -0.2) is 17.0 Å². The highest BCUT2D eigenvalue weighted by atomic mass is 32.1. The van der Waals surface area contributed by atoms with Gasteiger partial charge in [-0.25, -0.2) is 8.78 Å². The normalized spacial score (nSPS) is 16.0. The van der Waals surface area contributed by atoms with Crippen molar-refractivity contribution in [1.29, 1.82) is 0 Å². The monoisotopic (exact) mass is 380 g/mol. The molecule has 1 aromatic heterocycles. The molecule has 7 heteroatoms. The molecule has 4 nitrogen and oxygen atoms in total. The summed E-state index contributed by atoms with van der Waals surface area (Å²) in [7, 11) is 0. The molecular formula is C19H22F2N2O2S. The van der Waals surface area contributed by atoms with Gasteiger partial charge in [-0.1, -0.05) is 30.2 Å². The van der Waals surface area contributed by atoms with E-state index in [1.54, 1.807) is 9.95 Å². The second kappa shape index (κ2) is 7.70.